The monoisotopic (exact) mass is 429 g/mol. The van der Waals surface area contributed by atoms with Gasteiger partial charge in [0, 0.05) is 55.8 Å². The maximum absolute atomic E-state index is 13.7. The number of hydrogen-bond acceptors (Lipinski definition) is 4. The van der Waals surface area contributed by atoms with Gasteiger partial charge in [-0.05, 0) is 50.5 Å². The van der Waals surface area contributed by atoms with Gasteiger partial charge in [-0.3, -0.25) is 4.79 Å². The van der Waals surface area contributed by atoms with Crippen molar-refractivity contribution in [3.05, 3.63) is 59.2 Å². The number of pyridine rings is 1. The maximum atomic E-state index is 13.7. The lowest BCUT2D eigenvalue weighted by molar-refractivity contribution is -0.123. The molecule has 32 heavy (non-hydrogen) atoms. The number of carbonyl (C=O) groups is 1. The lowest BCUT2D eigenvalue weighted by Crippen LogP contribution is -2.43. The minimum atomic E-state index is 0.0430. The SMILES string of the molecule is CCc1nc2c([nH]1)CCN(C(=O)C1CCN(c3ccc(C)cn3)CC1)c1ccc(C)cc1-2. The van der Waals surface area contributed by atoms with Crippen molar-refractivity contribution in [1.82, 2.24) is 15.0 Å². The van der Waals surface area contributed by atoms with E-state index in [0.29, 0.717) is 6.54 Å². The van der Waals surface area contributed by atoms with Gasteiger partial charge in [-0.25, -0.2) is 9.97 Å². The molecule has 0 atom stereocenters. The van der Waals surface area contributed by atoms with E-state index in [2.05, 4.69) is 66.0 Å². The van der Waals surface area contributed by atoms with E-state index >= 15 is 0 Å². The number of piperidine rings is 1. The molecule has 0 saturated carbocycles. The lowest BCUT2D eigenvalue weighted by atomic mass is 9.94. The fourth-order valence-corrected chi connectivity index (χ4v) is 4.91. The maximum Gasteiger partial charge on any atom is 0.230 e. The fraction of sp³-hybridized carbons (Fsp3) is 0.423. The zero-order chi connectivity index (χ0) is 22.2. The molecule has 6 nitrogen and oxygen atoms in total. The molecule has 0 radical (unpaired) electrons. The van der Waals surface area contributed by atoms with Crippen molar-refractivity contribution in [3.63, 3.8) is 0 Å². The van der Waals surface area contributed by atoms with Crippen LogP contribution < -0.4 is 9.80 Å². The van der Waals surface area contributed by atoms with Crippen molar-refractivity contribution in [3.8, 4) is 11.3 Å². The van der Waals surface area contributed by atoms with Crippen LogP contribution in [0.15, 0.2) is 36.5 Å². The Morgan fingerprint density at radius 3 is 2.59 bits per heavy atom. The predicted molar refractivity (Wildman–Crippen MR) is 128 cm³/mol. The van der Waals surface area contributed by atoms with Crippen LogP contribution in [0.4, 0.5) is 11.5 Å². The van der Waals surface area contributed by atoms with Crippen LogP contribution in [-0.4, -0.2) is 40.5 Å². The van der Waals surface area contributed by atoms with E-state index in [-0.39, 0.29) is 11.8 Å². The van der Waals surface area contributed by atoms with Crippen molar-refractivity contribution in [2.45, 2.75) is 46.5 Å². The summed E-state index contributed by atoms with van der Waals surface area (Å²) in [5.41, 5.74) is 6.57. The highest BCUT2D eigenvalue weighted by atomic mass is 16.2. The Balaban J connectivity index is 1.37. The Bertz CT molecular complexity index is 1130. The molecule has 166 valence electrons. The normalized spacial score (nSPS) is 16.5. The highest BCUT2D eigenvalue weighted by molar-refractivity contribution is 5.99. The highest BCUT2D eigenvalue weighted by Gasteiger charge is 2.33. The van der Waals surface area contributed by atoms with E-state index < -0.39 is 0 Å². The van der Waals surface area contributed by atoms with Gasteiger partial charge in [0.25, 0.3) is 0 Å². The molecule has 0 unspecified atom stereocenters. The largest absolute Gasteiger partial charge is 0.357 e. The van der Waals surface area contributed by atoms with Crippen LogP contribution in [0.5, 0.6) is 0 Å². The minimum absolute atomic E-state index is 0.0430. The molecular formula is C26H31N5O. The highest BCUT2D eigenvalue weighted by Crippen LogP contribution is 2.37. The molecule has 3 aromatic rings. The van der Waals surface area contributed by atoms with Crippen molar-refractivity contribution in [1.29, 1.82) is 0 Å². The number of hydrogen-bond donors (Lipinski definition) is 1. The van der Waals surface area contributed by atoms with Crippen molar-refractivity contribution in [2.24, 2.45) is 5.92 Å². The molecule has 4 heterocycles. The second-order valence-electron chi connectivity index (χ2n) is 9.08. The van der Waals surface area contributed by atoms with E-state index in [1.807, 2.05) is 11.1 Å². The third kappa shape index (κ3) is 3.78. The van der Waals surface area contributed by atoms with Crippen LogP contribution in [0.1, 0.15) is 42.4 Å². The molecule has 6 heteroatoms. The standard InChI is InChI=1S/C26H31N5O/c1-4-23-28-21-11-14-31(22-7-5-17(2)15-20(22)25(21)29-23)26(32)19-9-12-30(13-10-19)24-8-6-18(3)16-27-24/h5-8,15-16,19H,4,9-14H2,1-3H3,(H,28,29). The first-order valence-electron chi connectivity index (χ1n) is 11.7. The first-order chi connectivity index (χ1) is 15.5. The average molecular weight is 430 g/mol. The number of aromatic nitrogens is 3. The van der Waals surface area contributed by atoms with Gasteiger partial charge >= 0.3 is 0 Å². The number of nitrogens with zero attached hydrogens (tertiary/aromatic N) is 4. The third-order valence-corrected chi connectivity index (χ3v) is 6.78. The summed E-state index contributed by atoms with van der Waals surface area (Å²) in [4.78, 5) is 30.9. The number of benzene rings is 1. The van der Waals surface area contributed by atoms with Crippen molar-refractivity contribution < 1.29 is 4.79 Å². The smallest absolute Gasteiger partial charge is 0.230 e. The summed E-state index contributed by atoms with van der Waals surface area (Å²) < 4.78 is 0. The molecule has 0 bridgehead atoms. The Morgan fingerprint density at radius 1 is 1.09 bits per heavy atom. The van der Waals surface area contributed by atoms with Crippen molar-refractivity contribution >= 4 is 17.4 Å². The average Bonchev–Trinajstić information content (AvgIpc) is 3.17. The minimum Gasteiger partial charge on any atom is -0.357 e. The number of imidazole rings is 1. The third-order valence-electron chi connectivity index (χ3n) is 6.78. The lowest BCUT2D eigenvalue weighted by Gasteiger charge is -2.35. The number of fused-ring (bicyclic) bond motifs is 3. The number of carbonyl (C=O) groups excluding carboxylic acids is 1. The summed E-state index contributed by atoms with van der Waals surface area (Å²) in [5, 5.41) is 0. The molecule has 2 aliphatic heterocycles. The van der Waals surface area contributed by atoms with Crippen LogP contribution in [0.25, 0.3) is 11.3 Å². The summed E-state index contributed by atoms with van der Waals surface area (Å²) in [6, 6.07) is 10.6. The molecule has 1 saturated heterocycles. The van der Waals surface area contributed by atoms with Crippen molar-refractivity contribution in [2.75, 3.05) is 29.4 Å². The molecule has 1 aromatic carbocycles. The first kappa shape index (κ1) is 20.7. The van der Waals surface area contributed by atoms with Gasteiger partial charge in [-0.2, -0.15) is 0 Å². The molecule has 2 aliphatic rings. The number of anilines is 2. The Morgan fingerprint density at radius 2 is 1.88 bits per heavy atom. The second-order valence-corrected chi connectivity index (χ2v) is 9.08. The number of amides is 1. The van der Waals surface area contributed by atoms with E-state index in [1.54, 1.807) is 0 Å². The van der Waals surface area contributed by atoms with E-state index in [9.17, 15) is 4.79 Å². The van der Waals surface area contributed by atoms with E-state index in [0.717, 1.165) is 73.1 Å². The molecule has 2 aromatic heterocycles. The number of aryl methyl sites for hydroxylation is 3. The number of aromatic amines is 1. The molecule has 1 fully saturated rings. The van der Waals surface area contributed by atoms with E-state index in [4.69, 9.17) is 4.98 Å². The molecule has 0 aliphatic carbocycles. The summed E-state index contributed by atoms with van der Waals surface area (Å²) in [6.45, 7) is 8.68. The van der Waals surface area contributed by atoms with Gasteiger partial charge in [0.2, 0.25) is 5.91 Å². The Hall–Kier alpha value is -3.15. The summed E-state index contributed by atoms with van der Waals surface area (Å²) in [5.74, 6) is 2.31. The predicted octanol–water partition coefficient (Wildman–Crippen LogP) is 4.46. The number of H-pyrrole nitrogens is 1. The summed E-state index contributed by atoms with van der Waals surface area (Å²) >= 11 is 0. The van der Waals surface area contributed by atoms with Gasteiger partial charge in [0.05, 0.1) is 11.4 Å². The number of nitrogens with one attached hydrogen (secondary N) is 1. The number of rotatable bonds is 3. The van der Waals surface area contributed by atoms with Crippen LogP contribution in [-0.2, 0) is 17.6 Å². The Labute approximate surface area is 189 Å². The molecule has 0 spiro atoms. The van der Waals surface area contributed by atoms with Gasteiger partial charge in [0.1, 0.15) is 11.6 Å². The topological polar surface area (TPSA) is 65.1 Å². The van der Waals surface area contributed by atoms with Crippen LogP contribution in [0, 0.1) is 19.8 Å². The molecule has 5 rings (SSSR count). The quantitative estimate of drug-likeness (QED) is 0.668. The summed E-state index contributed by atoms with van der Waals surface area (Å²) in [6.07, 6.45) is 5.31. The molecule has 1 amide bonds. The van der Waals surface area contributed by atoms with Crippen LogP contribution in [0.3, 0.4) is 0 Å². The molecular weight excluding hydrogens is 398 g/mol. The molecule has 1 N–H and O–H groups in total. The van der Waals surface area contributed by atoms with Gasteiger partial charge < -0.3 is 14.8 Å². The van der Waals surface area contributed by atoms with Crippen LogP contribution in [0.2, 0.25) is 0 Å². The van der Waals surface area contributed by atoms with Gasteiger partial charge in [-0.1, -0.05) is 24.6 Å². The van der Waals surface area contributed by atoms with E-state index in [1.165, 1.54) is 11.1 Å². The zero-order valence-corrected chi connectivity index (χ0v) is 19.2. The van der Waals surface area contributed by atoms with Gasteiger partial charge in [-0.15, -0.1) is 0 Å². The first-order valence-corrected chi connectivity index (χ1v) is 11.7. The second kappa shape index (κ2) is 8.41. The Kier molecular flexibility index (Phi) is 5.45. The van der Waals surface area contributed by atoms with Crippen LogP contribution >= 0.6 is 0 Å². The fourth-order valence-electron chi connectivity index (χ4n) is 4.91. The van der Waals surface area contributed by atoms with Gasteiger partial charge in [0.15, 0.2) is 0 Å². The summed E-state index contributed by atoms with van der Waals surface area (Å²) in [7, 11) is 0. The zero-order valence-electron chi connectivity index (χ0n) is 19.2.